The summed E-state index contributed by atoms with van der Waals surface area (Å²) in [5.74, 6) is 0.0278. The fourth-order valence-corrected chi connectivity index (χ4v) is 2.25. The highest BCUT2D eigenvalue weighted by Crippen LogP contribution is 2.29. The third-order valence-corrected chi connectivity index (χ3v) is 3.59. The summed E-state index contributed by atoms with van der Waals surface area (Å²) in [7, 11) is 3.47. The molecule has 0 spiro atoms. The second kappa shape index (κ2) is 6.41. The van der Waals surface area contributed by atoms with E-state index in [-0.39, 0.29) is 18.0 Å². The third kappa shape index (κ3) is 3.61. The molecule has 0 saturated heterocycles. The summed E-state index contributed by atoms with van der Waals surface area (Å²) in [6, 6.07) is 5.17. The predicted octanol–water partition coefficient (Wildman–Crippen LogP) is 3.12. The summed E-state index contributed by atoms with van der Waals surface area (Å²) >= 11 is 12.1. The molecule has 2 unspecified atom stereocenters. The zero-order chi connectivity index (χ0) is 13.9. The van der Waals surface area contributed by atoms with Crippen LogP contribution in [0.3, 0.4) is 0 Å². The van der Waals surface area contributed by atoms with Crippen molar-refractivity contribution in [3.05, 3.63) is 33.8 Å². The molecule has 3 nitrogen and oxygen atoms in total. The number of amides is 1. The monoisotopic (exact) mass is 288 g/mol. The van der Waals surface area contributed by atoms with Crippen LogP contribution in [0.4, 0.5) is 0 Å². The fourth-order valence-electron chi connectivity index (χ4n) is 1.78. The van der Waals surface area contributed by atoms with Crippen LogP contribution in [0.2, 0.25) is 10.0 Å². The first-order chi connectivity index (χ1) is 8.34. The molecule has 5 heteroatoms. The summed E-state index contributed by atoms with van der Waals surface area (Å²) in [5, 5.41) is 4.26. The molecule has 0 aliphatic heterocycles. The van der Waals surface area contributed by atoms with Crippen LogP contribution in [0.1, 0.15) is 25.5 Å². The van der Waals surface area contributed by atoms with Gasteiger partial charge in [-0.1, -0.05) is 35.3 Å². The van der Waals surface area contributed by atoms with E-state index in [1.165, 1.54) is 0 Å². The lowest BCUT2D eigenvalue weighted by Gasteiger charge is -2.23. The normalized spacial score (nSPS) is 14.1. The van der Waals surface area contributed by atoms with Gasteiger partial charge < -0.3 is 4.90 Å². The van der Waals surface area contributed by atoms with Gasteiger partial charge in [0, 0.05) is 20.1 Å². The van der Waals surface area contributed by atoms with E-state index in [1.807, 2.05) is 26.0 Å². The molecule has 0 radical (unpaired) electrons. The SMILES string of the molecule is CC(NC(C)c1cccc(Cl)c1Cl)C(=O)N(C)C. The molecule has 0 saturated carbocycles. The summed E-state index contributed by atoms with van der Waals surface area (Å²) in [4.78, 5) is 13.3. The predicted molar refractivity (Wildman–Crippen MR) is 76.2 cm³/mol. The van der Waals surface area contributed by atoms with Crippen LogP contribution in [0.25, 0.3) is 0 Å². The number of likely N-dealkylation sites (N-methyl/N-ethyl adjacent to an activating group) is 1. The molecular weight excluding hydrogens is 271 g/mol. The van der Waals surface area contributed by atoms with E-state index < -0.39 is 0 Å². The number of carbonyl (C=O) groups excluding carboxylic acids is 1. The lowest BCUT2D eigenvalue weighted by molar-refractivity contribution is -0.130. The molecule has 1 amide bonds. The van der Waals surface area contributed by atoms with Crippen LogP contribution in [0, 0.1) is 0 Å². The van der Waals surface area contributed by atoms with Crippen LogP contribution >= 0.6 is 23.2 Å². The van der Waals surface area contributed by atoms with Crippen molar-refractivity contribution in [3.8, 4) is 0 Å². The first-order valence-electron chi connectivity index (χ1n) is 5.75. The molecule has 1 rings (SSSR count). The van der Waals surface area contributed by atoms with Crippen LogP contribution in [-0.4, -0.2) is 30.9 Å². The van der Waals surface area contributed by atoms with Crippen molar-refractivity contribution in [1.29, 1.82) is 0 Å². The molecule has 1 aromatic carbocycles. The number of benzene rings is 1. The number of halogens is 2. The zero-order valence-electron chi connectivity index (χ0n) is 11.0. The summed E-state index contributed by atoms with van der Waals surface area (Å²) in [5.41, 5.74) is 0.891. The van der Waals surface area contributed by atoms with Crippen molar-refractivity contribution in [3.63, 3.8) is 0 Å². The number of carbonyl (C=O) groups is 1. The summed E-state index contributed by atoms with van der Waals surface area (Å²) < 4.78 is 0. The van der Waals surface area contributed by atoms with Crippen LogP contribution in [-0.2, 0) is 4.79 Å². The Morgan fingerprint density at radius 1 is 1.28 bits per heavy atom. The summed E-state index contributed by atoms with van der Waals surface area (Å²) in [6.07, 6.45) is 0. The highest BCUT2D eigenvalue weighted by Gasteiger charge is 2.19. The summed E-state index contributed by atoms with van der Waals surface area (Å²) in [6.45, 7) is 3.79. The van der Waals surface area contributed by atoms with Gasteiger partial charge in [0.2, 0.25) is 5.91 Å². The minimum atomic E-state index is -0.273. The third-order valence-electron chi connectivity index (χ3n) is 2.76. The maximum atomic E-state index is 11.8. The number of nitrogens with one attached hydrogen (secondary N) is 1. The Morgan fingerprint density at radius 2 is 1.89 bits per heavy atom. The van der Waals surface area contributed by atoms with Gasteiger partial charge in [-0.2, -0.15) is 0 Å². The molecule has 100 valence electrons. The Labute approximate surface area is 118 Å². The number of hydrogen-bond acceptors (Lipinski definition) is 2. The topological polar surface area (TPSA) is 32.3 Å². The van der Waals surface area contributed by atoms with E-state index in [4.69, 9.17) is 23.2 Å². The van der Waals surface area contributed by atoms with E-state index >= 15 is 0 Å². The largest absolute Gasteiger partial charge is 0.347 e. The Hall–Kier alpha value is -0.770. The highest BCUT2D eigenvalue weighted by atomic mass is 35.5. The lowest BCUT2D eigenvalue weighted by atomic mass is 10.1. The second-order valence-corrected chi connectivity index (χ2v) is 5.27. The zero-order valence-corrected chi connectivity index (χ0v) is 12.5. The van der Waals surface area contributed by atoms with Gasteiger partial charge >= 0.3 is 0 Å². The quantitative estimate of drug-likeness (QED) is 0.923. The molecular formula is C13H18Cl2N2O. The van der Waals surface area contributed by atoms with E-state index in [1.54, 1.807) is 25.1 Å². The Balaban J connectivity index is 2.80. The van der Waals surface area contributed by atoms with Gasteiger partial charge in [0.05, 0.1) is 16.1 Å². The molecule has 2 atom stereocenters. The Kier molecular flexibility index (Phi) is 5.45. The number of rotatable bonds is 4. The van der Waals surface area contributed by atoms with E-state index in [0.29, 0.717) is 10.0 Å². The van der Waals surface area contributed by atoms with Crippen molar-refractivity contribution in [2.24, 2.45) is 0 Å². The highest BCUT2D eigenvalue weighted by molar-refractivity contribution is 6.42. The molecule has 0 aliphatic carbocycles. The first kappa shape index (κ1) is 15.3. The van der Waals surface area contributed by atoms with Gasteiger partial charge in [0.15, 0.2) is 0 Å². The maximum Gasteiger partial charge on any atom is 0.238 e. The average molecular weight is 289 g/mol. The Bertz CT molecular complexity index is 435. The molecule has 1 aromatic rings. The van der Waals surface area contributed by atoms with Crippen molar-refractivity contribution < 1.29 is 4.79 Å². The van der Waals surface area contributed by atoms with Crippen LogP contribution in [0.15, 0.2) is 18.2 Å². The second-order valence-electron chi connectivity index (χ2n) is 4.49. The molecule has 0 aromatic heterocycles. The number of nitrogens with zero attached hydrogens (tertiary/aromatic N) is 1. The van der Waals surface area contributed by atoms with E-state index in [0.717, 1.165) is 5.56 Å². The van der Waals surface area contributed by atoms with Gasteiger partial charge in [-0.15, -0.1) is 0 Å². The van der Waals surface area contributed by atoms with Gasteiger partial charge in [-0.3, -0.25) is 10.1 Å². The molecule has 0 heterocycles. The Morgan fingerprint density at radius 3 is 2.44 bits per heavy atom. The van der Waals surface area contributed by atoms with Crippen LogP contribution in [0.5, 0.6) is 0 Å². The maximum absolute atomic E-state index is 11.8. The number of hydrogen-bond donors (Lipinski definition) is 1. The molecule has 0 aliphatic rings. The average Bonchev–Trinajstić information content (AvgIpc) is 2.31. The van der Waals surface area contributed by atoms with E-state index in [9.17, 15) is 4.79 Å². The van der Waals surface area contributed by atoms with Gasteiger partial charge in [-0.25, -0.2) is 0 Å². The molecule has 0 fully saturated rings. The van der Waals surface area contributed by atoms with Crippen molar-refractivity contribution in [2.45, 2.75) is 25.9 Å². The lowest BCUT2D eigenvalue weighted by Crippen LogP contribution is -2.42. The van der Waals surface area contributed by atoms with Gasteiger partial charge in [0.1, 0.15) is 0 Å². The van der Waals surface area contributed by atoms with Crippen molar-refractivity contribution in [2.75, 3.05) is 14.1 Å². The minimum absolute atomic E-state index is 0.0278. The smallest absolute Gasteiger partial charge is 0.238 e. The van der Waals surface area contributed by atoms with Crippen molar-refractivity contribution >= 4 is 29.1 Å². The van der Waals surface area contributed by atoms with Crippen molar-refractivity contribution in [1.82, 2.24) is 10.2 Å². The van der Waals surface area contributed by atoms with Gasteiger partial charge in [-0.05, 0) is 25.5 Å². The first-order valence-corrected chi connectivity index (χ1v) is 6.51. The minimum Gasteiger partial charge on any atom is -0.347 e. The molecule has 0 bridgehead atoms. The fraction of sp³-hybridized carbons (Fsp3) is 0.462. The standard InChI is InChI=1S/C13H18Cl2N2O/c1-8(16-9(2)13(18)17(3)4)10-6-5-7-11(14)12(10)15/h5-9,16H,1-4H3. The molecule has 18 heavy (non-hydrogen) atoms. The molecule has 1 N–H and O–H groups in total. The van der Waals surface area contributed by atoms with Crippen LogP contribution < -0.4 is 5.32 Å². The van der Waals surface area contributed by atoms with E-state index in [2.05, 4.69) is 5.32 Å². The van der Waals surface area contributed by atoms with Gasteiger partial charge in [0.25, 0.3) is 0 Å².